The van der Waals surface area contributed by atoms with E-state index in [-0.39, 0.29) is 0 Å². The average Bonchev–Trinajstić information content (AvgIpc) is 3.04. The number of aromatic nitrogens is 5. The molecule has 0 aliphatic carbocycles. The van der Waals surface area contributed by atoms with Crippen LogP contribution in [0, 0.1) is 11.3 Å². The van der Waals surface area contributed by atoms with E-state index in [1.807, 2.05) is 6.07 Å². The molecule has 0 spiro atoms. The van der Waals surface area contributed by atoms with Gasteiger partial charge >= 0.3 is 0 Å². The number of rotatable bonds is 2. The minimum atomic E-state index is 0.313. The van der Waals surface area contributed by atoms with Gasteiger partial charge in [0.05, 0.1) is 5.69 Å². The lowest BCUT2D eigenvalue weighted by Crippen LogP contribution is -2.02. The quantitative estimate of drug-likeness (QED) is 0.698. The van der Waals surface area contributed by atoms with Crippen LogP contribution < -0.4 is 0 Å². The second-order valence-corrected chi connectivity index (χ2v) is 4.54. The molecule has 0 bridgehead atoms. The zero-order chi connectivity index (χ0) is 13.4. The van der Waals surface area contributed by atoms with E-state index in [9.17, 15) is 0 Å². The summed E-state index contributed by atoms with van der Waals surface area (Å²) in [6.07, 6.45) is 6.78. The van der Waals surface area contributed by atoms with Gasteiger partial charge in [-0.05, 0) is 12.0 Å². The average molecular weight is 252 g/mol. The van der Waals surface area contributed by atoms with E-state index in [2.05, 4.69) is 35.0 Å². The van der Waals surface area contributed by atoms with Crippen LogP contribution in [-0.2, 0) is 0 Å². The Balaban J connectivity index is 2.27. The van der Waals surface area contributed by atoms with Gasteiger partial charge in [-0.2, -0.15) is 10.4 Å². The van der Waals surface area contributed by atoms with Crippen LogP contribution in [0.5, 0.6) is 0 Å². The van der Waals surface area contributed by atoms with Crippen LogP contribution in [0.4, 0.5) is 0 Å². The van der Waals surface area contributed by atoms with Gasteiger partial charge in [-0.15, -0.1) is 0 Å². The molecule has 0 fully saturated rings. The Morgan fingerprint density at radius 2 is 2.00 bits per heavy atom. The first-order valence-corrected chi connectivity index (χ1v) is 5.99. The fraction of sp³-hybridized carbons (Fsp3) is 0.231. The summed E-state index contributed by atoms with van der Waals surface area (Å²) < 4.78 is 3.44. The van der Waals surface area contributed by atoms with E-state index >= 15 is 0 Å². The highest BCUT2D eigenvalue weighted by Crippen LogP contribution is 2.20. The van der Waals surface area contributed by atoms with E-state index in [4.69, 9.17) is 5.26 Å². The van der Waals surface area contributed by atoms with Gasteiger partial charge in [0.1, 0.15) is 11.6 Å². The first-order valence-electron chi connectivity index (χ1n) is 5.99. The summed E-state index contributed by atoms with van der Waals surface area (Å²) in [7, 11) is 0. The van der Waals surface area contributed by atoms with Crippen LogP contribution in [0.15, 0.2) is 30.9 Å². The predicted molar refractivity (Wildman–Crippen MR) is 68.9 cm³/mol. The summed E-state index contributed by atoms with van der Waals surface area (Å²) >= 11 is 0. The minimum absolute atomic E-state index is 0.313. The topological polar surface area (TPSA) is 71.8 Å². The van der Waals surface area contributed by atoms with Gasteiger partial charge in [-0.3, -0.25) is 4.57 Å². The molecule has 0 amide bonds. The van der Waals surface area contributed by atoms with Crippen LogP contribution in [0.1, 0.15) is 31.3 Å². The Morgan fingerprint density at radius 1 is 1.21 bits per heavy atom. The highest BCUT2D eigenvalue weighted by molar-refractivity contribution is 5.61. The maximum atomic E-state index is 9.05. The molecule has 3 heterocycles. The summed E-state index contributed by atoms with van der Waals surface area (Å²) in [6.45, 7) is 4.18. The highest BCUT2D eigenvalue weighted by atomic mass is 15.3. The number of hydrogen-bond donors (Lipinski definition) is 0. The van der Waals surface area contributed by atoms with Gasteiger partial charge in [0.15, 0.2) is 5.82 Å². The molecule has 0 aromatic carbocycles. The maximum Gasteiger partial charge on any atom is 0.218 e. The van der Waals surface area contributed by atoms with Crippen LogP contribution in [0.3, 0.4) is 0 Å². The van der Waals surface area contributed by atoms with Crippen molar-refractivity contribution in [3.8, 4) is 11.9 Å². The number of fused-ring (bicyclic) bond motifs is 1. The molecule has 3 aromatic rings. The van der Waals surface area contributed by atoms with Gasteiger partial charge < -0.3 is 0 Å². The van der Waals surface area contributed by atoms with Crippen molar-refractivity contribution in [2.45, 2.75) is 19.8 Å². The van der Waals surface area contributed by atoms with Gasteiger partial charge in [-0.25, -0.2) is 14.5 Å². The SMILES string of the molecule is CC(C)c1cc2c(-n3ccnc3C#N)nccn2n1. The van der Waals surface area contributed by atoms with Crippen LogP contribution in [-0.4, -0.2) is 24.1 Å². The molecule has 0 atom stereocenters. The molecule has 6 nitrogen and oxygen atoms in total. The van der Waals surface area contributed by atoms with Gasteiger partial charge in [0, 0.05) is 24.8 Å². The van der Waals surface area contributed by atoms with Crippen molar-refractivity contribution in [3.05, 3.63) is 42.4 Å². The number of nitrogens with zero attached hydrogens (tertiary/aromatic N) is 6. The third-order valence-corrected chi connectivity index (χ3v) is 2.95. The molecule has 0 N–H and O–H groups in total. The van der Waals surface area contributed by atoms with E-state index in [0.717, 1.165) is 11.2 Å². The second-order valence-electron chi connectivity index (χ2n) is 4.54. The third-order valence-electron chi connectivity index (χ3n) is 2.95. The molecular weight excluding hydrogens is 240 g/mol. The van der Waals surface area contributed by atoms with E-state index in [1.54, 1.807) is 33.9 Å². The van der Waals surface area contributed by atoms with Crippen LogP contribution in [0.2, 0.25) is 0 Å². The normalized spacial score (nSPS) is 11.1. The number of imidazole rings is 1. The zero-order valence-corrected chi connectivity index (χ0v) is 10.6. The summed E-state index contributed by atoms with van der Waals surface area (Å²) in [6, 6.07) is 4.04. The van der Waals surface area contributed by atoms with Gasteiger partial charge in [-0.1, -0.05) is 13.8 Å². The lowest BCUT2D eigenvalue weighted by Gasteiger charge is -2.03. The molecule has 0 saturated carbocycles. The fourth-order valence-corrected chi connectivity index (χ4v) is 1.95. The molecule has 0 radical (unpaired) electrons. The van der Waals surface area contributed by atoms with Crippen molar-refractivity contribution in [2.24, 2.45) is 0 Å². The highest BCUT2D eigenvalue weighted by Gasteiger charge is 2.13. The maximum absolute atomic E-state index is 9.05. The molecule has 0 aliphatic rings. The first-order chi connectivity index (χ1) is 9.20. The standard InChI is InChI=1S/C13H12N6/c1-9(2)10-7-11-13(16-4-6-19(11)17-10)18-5-3-15-12(18)8-14/h3-7,9H,1-2H3. The van der Waals surface area contributed by atoms with Gasteiger partial charge in [0.25, 0.3) is 0 Å². The monoisotopic (exact) mass is 252 g/mol. The molecule has 0 saturated heterocycles. The van der Waals surface area contributed by atoms with Crippen LogP contribution >= 0.6 is 0 Å². The smallest absolute Gasteiger partial charge is 0.218 e. The summed E-state index contributed by atoms with van der Waals surface area (Å²) in [5, 5.41) is 13.5. The Morgan fingerprint density at radius 3 is 2.74 bits per heavy atom. The molecule has 3 aromatic heterocycles. The summed E-state index contributed by atoms with van der Waals surface area (Å²) in [4.78, 5) is 8.33. The molecule has 19 heavy (non-hydrogen) atoms. The Bertz CT molecular complexity index is 774. The lowest BCUT2D eigenvalue weighted by molar-refractivity contribution is 0.785. The van der Waals surface area contributed by atoms with E-state index < -0.39 is 0 Å². The van der Waals surface area contributed by atoms with Crippen molar-refractivity contribution in [1.29, 1.82) is 5.26 Å². The van der Waals surface area contributed by atoms with Crippen LogP contribution in [0.25, 0.3) is 11.3 Å². The van der Waals surface area contributed by atoms with E-state index in [1.165, 1.54) is 0 Å². The Labute approximate surface area is 110 Å². The van der Waals surface area contributed by atoms with Gasteiger partial charge in [0.2, 0.25) is 5.82 Å². The lowest BCUT2D eigenvalue weighted by atomic mass is 10.1. The predicted octanol–water partition coefficient (Wildman–Crippen LogP) is 1.91. The van der Waals surface area contributed by atoms with Crippen molar-refractivity contribution in [3.63, 3.8) is 0 Å². The second kappa shape index (κ2) is 4.21. The fourth-order valence-electron chi connectivity index (χ4n) is 1.95. The largest absolute Gasteiger partial charge is 0.274 e. The minimum Gasteiger partial charge on any atom is -0.274 e. The zero-order valence-electron chi connectivity index (χ0n) is 10.6. The number of hydrogen-bond acceptors (Lipinski definition) is 4. The molecular formula is C13H12N6. The van der Waals surface area contributed by atoms with Crippen molar-refractivity contribution in [1.82, 2.24) is 24.1 Å². The Hall–Kier alpha value is -2.68. The molecule has 0 aliphatic heterocycles. The third kappa shape index (κ3) is 1.76. The summed E-state index contributed by atoms with van der Waals surface area (Å²) in [5.74, 6) is 1.31. The summed E-state index contributed by atoms with van der Waals surface area (Å²) in [5.41, 5.74) is 1.86. The molecule has 0 unspecified atom stereocenters. The number of nitriles is 1. The molecule has 6 heteroatoms. The van der Waals surface area contributed by atoms with Crippen molar-refractivity contribution < 1.29 is 0 Å². The van der Waals surface area contributed by atoms with E-state index in [0.29, 0.717) is 17.6 Å². The first kappa shape index (κ1) is 11.4. The van der Waals surface area contributed by atoms with Crippen molar-refractivity contribution >= 4 is 5.52 Å². The Kier molecular flexibility index (Phi) is 2.53. The molecule has 3 rings (SSSR count). The molecule has 94 valence electrons. The van der Waals surface area contributed by atoms with Crippen molar-refractivity contribution in [2.75, 3.05) is 0 Å².